The monoisotopic (exact) mass is 206 g/mol. The molecule has 2 rings (SSSR count). The van der Waals surface area contributed by atoms with Crippen molar-refractivity contribution in [2.75, 3.05) is 6.54 Å². The van der Waals surface area contributed by atoms with Gasteiger partial charge >= 0.3 is 0 Å². The second-order valence-corrected chi connectivity index (χ2v) is 4.20. The summed E-state index contributed by atoms with van der Waals surface area (Å²) in [5, 5.41) is 3.45. The van der Waals surface area contributed by atoms with E-state index in [0.29, 0.717) is 0 Å². The second kappa shape index (κ2) is 4.62. The number of ether oxygens (including phenoxy) is 1. The number of rotatable bonds is 5. The molecule has 0 radical (unpaired) electrons. The summed E-state index contributed by atoms with van der Waals surface area (Å²) in [6, 6.07) is 4.62. The van der Waals surface area contributed by atoms with Gasteiger partial charge in [0.1, 0.15) is 11.9 Å². The molecule has 1 aromatic rings. The molecule has 3 heteroatoms. The van der Waals surface area contributed by atoms with E-state index in [1.807, 2.05) is 19.1 Å². The SMILES string of the molecule is Cc1ncccc1OC(C)CNC1CC1. The molecule has 82 valence electrons. The first-order valence-corrected chi connectivity index (χ1v) is 5.57. The highest BCUT2D eigenvalue weighted by atomic mass is 16.5. The van der Waals surface area contributed by atoms with Gasteiger partial charge in [0, 0.05) is 18.8 Å². The Kier molecular flexibility index (Phi) is 3.21. The van der Waals surface area contributed by atoms with Crippen LogP contribution in [0.5, 0.6) is 5.75 Å². The molecule has 1 aromatic heterocycles. The molecule has 15 heavy (non-hydrogen) atoms. The molecule has 0 aromatic carbocycles. The van der Waals surface area contributed by atoms with Crippen LogP contribution in [0.25, 0.3) is 0 Å². The summed E-state index contributed by atoms with van der Waals surface area (Å²) in [6.07, 6.45) is 4.63. The summed E-state index contributed by atoms with van der Waals surface area (Å²) in [5.74, 6) is 0.891. The van der Waals surface area contributed by atoms with Crippen molar-refractivity contribution in [2.45, 2.75) is 38.8 Å². The average Bonchev–Trinajstić information content (AvgIpc) is 3.02. The Balaban J connectivity index is 1.81. The number of aryl methyl sites for hydroxylation is 1. The third-order valence-electron chi connectivity index (χ3n) is 2.56. The molecule has 0 spiro atoms. The fraction of sp³-hybridized carbons (Fsp3) is 0.583. The number of aromatic nitrogens is 1. The lowest BCUT2D eigenvalue weighted by Crippen LogP contribution is -2.30. The fourth-order valence-corrected chi connectivity index (χ4v) is 1.47. The van der Waals surface area contributed by atoms with E-state index in [4.69, 9.17) is 4.74 Å². The van der Waals surface area contributed by atoms with Gasteiger partial charge in [0.05, 0.1) is 5.69 Å². The molecule has 1 aliphatic carbocycles. The minimum Gasteiger partial charge on any atom is -0.487 e. The van der Waals surface area contributed by atoms with E-state index < -0.39 is 0 Å². The van der Waals surface area contributed by atoms with Crippen LogP contribution in [0.3, 0.4) is 0 Å². The predicted octanol–water partition coefficient (Wildman–Crippen LogP) is 1.91. The van der Waals surface area contributed by atoms with Gasteiger partial charge in [-0.25, -0.2) is 0 Å². The van der Waals surface area contributed by atoms with Gasteiger partial charge in [0.2, 0.25) is 0 Å². The van der Waals surface area contributed by atoms with E-state index in [-0.39, 0.29) is 6.10 Å². The normalized spacial score (nSPS) is 17.5. The Morgan fingerprint density at radius 3 is 3.07 bits per heavy atom. The number of hydrogen-bond acceptors (Lipinski definition) is 3. The summed E-state index contributed by atoms with van der Waals surface area (Å²) in [7, 11) is 0. The maximum absolute atomic E-state index is 5.80. The van der Waals surface area contributed by atoms with Crippen molar-refractivity contribution in [1.82, 2.24) is 10.3 Å². The molecule has 1 fully saturated rings. The Labute approximate surface area is 90.9 Å². The molecule has 0 bridgehead atoms. The van der Waals surface area contributed by atoms with Gasteiger partial charge in [-0.15, -0.1) is 0 Å². The van der Waals surface area contributed by atoms with Crippen molar-refractivity contribution in [2.24, 2.45) is 0 Å². The first kappa shape index (κ1) is 10.4. The maximum atomic E-state index is 5.80. The standard InChI is InChI=1S/C12H18N2O/c1-9(8-14-11-5-6-11)15-12-4-3-7-13-10(12)2/h3-4,7,9,11,14H,5-6,8H2,1-2H3. The number of nitrogens with zero attached hydrogens (tertiary/aromatic N) is 1. The van der Waals surface area contributed by atoms with E-state index in [0.717, 1.165) is 24.0 Å². The Morgan fingerprint density at radius 1 is 1.60 bits per heavy atom. The van der Waals surface area contributed by atoms with Crippen LogP contribution in [-0.4, -0.2) is 23.7 Å². The van der Waals surface area contributed by atoms with Crippen LogP contribution in [0.1, 0.15) is 25.5 Å². The lowest BCUT2D eigenvalue weighted by Gasteiger charge is -2.16. The van der Waals surface area contributed by atoms with Crippen molar-refractivity contribution < 1.29 is 4.74 Å². The highest BCUT2D eigenvalue weighted by Gasteiger charge is 2.21. The van der Waals surface area contributed by atoms with Crippen LogP contribution in [0.2, 0.25) is 0 Å². The summed E-state index contributed by atoms with van der Waals surface area (Å²) >= 11 is 0. The van der Waals surface area contributed by atoms with Gasteiger partial charge in [-0.3, -0.25) is 4.98 Å². The Morgan fingerprint density at radius 2 is 2.40 bits per heavy atom. The number of nitrogens with one attached hydrogen (secondary N) is 1. The maximum Gasteiger partial charge on any atom is 0.140 e. The van der Waals surface area contributed by atoms with Crippen molar-refractivity contribution >= 4 is 0 Å². The molecule has 1 N–H and O–H groups in total. The lowest BCUT2D eigenvalue weighted by atomic mass is 10.3. The van der Waals surface area contributed by atoms with Gasteiger partial charge in [-0.05, 0) is 38.8 Å². The molecule has 1 aliphatic rings. The summed E-state index contributed by atoms with van der Waals surface area (Å²) in [6.45, 7) is 4.97. The Hall–Kier alpha value is -1.09. The van der Waals surface area contributed by atoms with Crippen LogP contribution in [-0.2, 0) is 0 Å². The van der Waals surface area contributed by atoms with Crippen LogP contribution in [0.4, 0.5) is 0 Å². The van der Waals surface area contributed by atoms with Gasteiger partial charge < -0.3 is 10.1 Å². The van der Waals surface area contributed by atoms with Crippen LogP contribution < -0.4 is 10.1 Å². The predicted molar refractivity (Wildman–Crippen MR) is 60.1 cm³/mol. The summed E-state index contributed by atoms with van der Waals surface area (Å²) in [4.78, 5) is 4.19. The number of pyridine rings is 1. The number of hydrogen-bond donors (Lipinski definition) is 1. The van der Waals surface area contributed by atoms with Crippen LogP contribution in [0, 0.1) is 6.92 Å². The minimum absolute atomic E-state index is 0.202. The molecular weight excluding hydrogens is 188 g/mol. The summed E-state index contributed by atoms with van der Waals surface area (Å²) < 4.78 is 5.80. The molecule has 1 atom stereocenters. The minimum atomic E-state index is 0.202. The molecule has 1 heterocycles. The van der Waals surface area contributed by atoms with Crippen molar-refractivity contribution in [1.29, 1.82) is 0 Å². The lowest BCUT2D eigenvalue weighted by molar-refractivity contribution is 0.214. The van der Waals surface area contributed by atoms with Crippen LogP contribution >= 0.6 is 0 Å². The molecular formula is C12H18N2O. The first-order chi connectivity index (χ1) is 7.25. The third kappa shape index (κ3) is 3.20. The van der Waals surface area contributed by atoms with Gasteiger partial charge in [-0.2, -0.15) is 0 Å². The zero-order chi connectivity index (χ0) is 10.7. The fourth-order valence-electron chi connectivity index (χ4n) is 1.47. The highest BCUT2D eigenvalue weighted by molar-refractivity contribution is 5.25. The quantitative estimate of drug-likeness (QED) is 0.799. The smallest absolute Gasteiger partial charge is 0.140 e. The summed E-state index contributed by atoms with van der Waals surface area (Å²) in [5.41, 5.74) is 0.954. The van der Waals surface area contributed by atoms with Gasteiger partial charge in [0.15, 0.2) is 0 Å². The van der Waals surface area contributed by atoms with Gasteiger partial charge in [0.25, 0.3) is 0 Å². The van der Waals surface area contributed by atoms with Crippen molar-refractivity contribution in [3.05, 3.63) is 24.0 Å². The third-order valence-corrected chi connectivity index (χ3v) is 2.56. The highest BCUT2D eigenvalue weighted by Crippen LogP contribution is 2.19. The van der Waals surface area contributed by atoms with Crippen molar-refractivity contribution in [3.63, 3.8) is 0 Å². The van der Waals surface area contributed by atoms with E-state index >= 15 is 0 Å². The topological polar surface area (TPSA) is 34.1 Å². The van der Waals surface area contributed by atoms with E-state index in [1.165, 1.54) is 12.8 Å². The second-order valence-electron chi connectivity index (χ2n) is 4.20. The largest absolute Gasteiger partial charge is 0.487 e. The molecule has 1 unspecified atom stereocenters. The zero-order valence-corrected chi connectivity index (χ0v) is 9.36. The van der Waals surface area contributed by atoms with Crippen molar-refractivity contribution in [3.8, 4) is 5.75 Å². The van der Waals surface area contributed by atoms with E-state index in [2.05, 4.69) is 17.2 Å². The molecule has 0 saturated heterocycles. The van der Waals surface area contributed by atoms with E-state index in [1.54, 1.807) is 6.20 Å². The molecule has 0 amide bonds. The van der Waals surface area contributed by atoms with Crippen LogP contribution in [0.15, 0.2) is 18.3 Å². The van der Waals surface area contributed by atoms with Gasteiger partial charge in [-0.1, -0.05) is 0 Å². The van der Waals surface area contributed by atoms with E-state index in [9.17, 15) is 0 Å². The molecule has 3 nitrogen and oxygen atoms in total. The average molecular weight is 206 g/mol. The molecule has 1 saturated carbocycles. The Bertz CT molecular complexity index is 323. The first-order valence-electron chi connectivity index (χ1n) is 5.57. The zero-order valence-electron chi connectivity index (χ0n) is 9.36. The molecule has 0 aliphatic heterocycles.